The van der Waals surface area contributed by atoms with Crippen LogP contribution < -0.4 is 0 Å². The monoisotopic (exact) mass is 449 g/mol. The quantitative estimate of drug-likeness (QED) is 0.534. The van der Waals surface area contributed by atoms with Gasteiger partial charge >= 0.3 is 0 Å². The maximum atomic E-state index is 12.5. The van der Waals surface area contributed by atoms with Crippen LogP contribution in [0, 0.1) is 6.92 Å². The molecule has 1 aliphatic rings. The standard InChI is InChI=1S/C18H19N5O3S3/c1-12-19-13(10-28-12)9-15-20-21-18(26-15)29-11-16(24)22-4-6-23(7-5-22)17(25)14-3-2-8-27-14/h2-3,8,10H,4-7,9,11H2,1H3. The molecular formula is C18H19N5O3S3. The molecule has 152 valence electrons. The molecule has 4 heterocycles. The van der Waals surface area contributed by atoms with E-state index < -0.39 is 0 Å². The Hall–Kier alpha value is -2.24. The number of hydrogen-bond donors (Lipinski definition) is 0. The van der Waals surface area contributed by atoms with Crippen LogP contribution in [0.15, 0.2) is 32.5 Å². The molecule has 0 radical (unpaired) electrons. The fourth-order valence-corrected chi connectivity index (χ4v) is 4.93. The van der Waals surface area contributed by atoms with Gasteiger partial charge in [-0.3, -0.25) is 9.59 Å². The number of thiazole rings is 1. The summed E-state index contributed by atoms with van der Waals surface area (Å²) in [7, 11) is 0. The zero-order chi connectivity index (χ0) is 20.2. The highest BCUT2D eigenvalue weighted by Crippen LogP contribution is 2.20. The lowest BCUT2D eigenvalue weighted by Gasteiger charge is -2.34. The highest BCUT2D eigenvalue weighted by Gasteiger charge is 2.25. The van der Waals surface area contributed by atoms with Crippen molar-refractivity contribution in [3.63, 3.8) is 0 Å². The number of nitrogens with zero attached hydrogens (tertiary/aromatic N) is 5. The van der Waals surface area contributed by atoms with Crippen molar-refractivity contribution < 1.29 is 14.0 Å². The topological polar surface area (TPSA) is 92.4 Å². The Kier molecular flexibility index (Phi) is 6.26. The molecule has 0 atom stereocenters. The minimum atomic E-state index is 0.00750. The van der Waals surface area contributed by atoms with Gasteiger partial charge in [0.25, 0.3) is 11.1 Å². The predicted molar refractivity (Wildman–Crippen MR) is 111 cm³/mol. The molecule has 3 aromatic rings. The van der Waals surface area contributed by atoms with Crippen molar-refractivity contribution in [2.45, 2.75) is 18.6 Å². The fourth-order valence-electron chi connectivity index (χ4n) is 2.94. The van der Waals surface area contributed by atoms with Crippen LogP contribution in [-0.4, -0.2) is 68.7 Å². The highest BCUT2D eigenvalue weighted by atomic mass is 32.2. The van der Waals surface area contributed by atoms with E-state index in [1.165, 1.54) is 23.1 Å². The van der Waals surface area contributed by atoms with Crippen LogP contribution in [0.2, 0.25) is 0 Å². The van der Waals surface area contributed by atoms with Gasteiger partial charge in [0.05, 0.1) is 27.8 Å². The molecule has 1 saturated heterocycles. The van der Waals surface area contributed by atoms with Crippen LogP contribution in [0.25, 0.3) is 0 Å². The molecule has 29 heavy (non-hydrogen) atoms. The van der Waals surface area contributed by atoms with Crippen molar-refractivity contribution in [2.75, 3.05) is 31.9 Å². The number of aryl methyl sites for hydroxylation is 1. The SMILES string of the molecule is Cc1nc(Cc2nnc(SCC(=O)N3CCN(C(=O)c4cccs4)CC3)o2)cs1. The second kappa shape index (κ2) is 9.06. The van der Waals surface area contributed by atoms with E-state index >= 15 is 0 Å². The van der Waals surface area contributed by atoms with E-state index in [1.54, 1.807) is 21.1 Å². The van der Waals surface area contributed by atoms with Gasteiger partial charge in [-0.05, 0) is 18.4 Å². The largest absolute Gasteiger partial charge is 0.416 e. The van der Waals surface area contributed by atoms with Gasteiger partial charge in [-0.1, -0.05) is 17.8 Å². The Bertz CT molecular complexity index is 977. The number of piperazine rings is 1. The summed E-state index contributed by atoms with van der Waals surface area (Å²) < 4.78 is 5.61. The van der Waals surface area contributed by atoms with Crippen LogP contribution in [0.3, 0.4) is 0 Å². The number of carbonyl (C=O) groups excluding carboxylic acids is 2. The number of rotatable bonds is 6. The van der Waals surface area contributed by atoms with E-state index in [1.807, 2.05) is 29.8 Å². The Morgan fingerprint density at radius 2 is 1.97 bits per heavy atom. The zero-order valence-corrected chi connectivity index (χ0v) is 18.2. The van der Waals surface area contributed by atoms with E-state index in [0.29, 0.717) is 43.7 Å². The minimum absolute atomic E-state index is 0.00750. The van der Waals surface area contributed by atoms with E-state index in [4.69, 9.17) is 4.42 Å². The number of aromatic nitrogens is 3. The van der Waals surface area contributed by atoms with Gasteiger partial charge < -0.3 is 14.2 Å². The maximum absolute atomic E-state index is 12.5. The normalized spacial score (nSPS) is 14.4. The second-order valence-corrected chi connectivity index (χ2v) is 9.37. The van der Waals surface area contributed by atoms with Gasteiger partial charge in [0.1, 0.15) is 0 Å². The molecule has 0 aliphatic carbocycles. The van der Waals surface area contributed by atoms with Gasteiger partial charge in [-0.2, -0.15) is 0 Å². The van der Waals surface area contributed by atoms with Crippen molar-refractivity contribution in [2.24, 2.45) is 0 Å². The third kappa shape index (κ3) is 5.03. The fraction of sp³-hybridized carbons (Fsp3) is 0.389. The van der Waals surface area contributed by atoms with Gasteiger partial charge in [0.2, 0.25) is 11.8 Å². The third-order valence-corrected chi connectivity index (χ3v) is 6.90. The molecule has 0 aromatic carbocycles. The molecule has 0 N–H and O–H groups in total. The summed E-state index contributed by atoms with van der Waals surface area (Å²) >= 11 is 4.26. The first-order chi connectivity index (χ1) is 14.1. The van der Waals surface area contributed by atoms with Crippen molar-refractivity contribution >= 4 is 46.2 Å². The Balaban J connectivity index is 1.23. The van der Waals surface area contributed by atoms with Crippen LogP contribution >= 0.6 is 34.4 Å². The molecular weight excluding hydrogens is 430 g/mol. The summed E-state index contributed by atoms with van der Waals surface area (Å²) in [5.41, 5.74) is 0.902. The van der Waals surface area contributed by atoms with E-state index in [2.05, 4.69) is 15.2 Å². The van der Waals surface area contributed by atoms with Crippen LogP contribution in [0.5, 0.6) is 0 Å². The van der Waals surface area contributed by atoms with Gasteiger partial charge in [-0.25, -0.2) is 4.98 Å². The van der Waals surface area contributed by atoms with Crippen molar-refractivity contribution in [3.05, 3.63) is 44.4 Å². The lowest BCUT2D eigenvalue weighted by atomic mass is 10.3. The average molecular weight is 450 g/mol. The molecule has 4 rings (SSSR count). The minimum Gasteiger partial charge on any atom is -0.416 e. The summed E-state index contributed by atoms with van der Waals surface area (Å²) in [4.78, 5) is 33.6. The zero-order valence-electron chi connectivity index (χ0n) is 15.7. The first kappa shape index (κ1) is 20.0. The Morgan fingerprint density at radius 3 is 2.66 bits per heavy atom. The number of thioether (sulfide) groups is 1. The number of hydrogen-bond acceptors (Lipinski definition) is 9. The first-order valence-corrected chi connectivity index (χ1v) is 11.8. The number of thiophene rings is 1. The smallest absolute Gasteiger partial charge is 0.277 e. The summed E-state index contributed by atoms with van der Waals surface area (Å²) in [6, 6.07) is 3.70. The van der Waals surface area contributed by atoms with Crippen molar-refractivity contribution in [1.82, 2.24) is 25.0 Å². The first-order valence-electron chi connectivity index (χ1n) is 9.05. The third-order valence-electron chi connectivity index (χ3n) is 4.42. The number of carbonyl (C=O) groups is 2. The summed E-state index contributed by atoms with van der Waals surface area (Å²) in [6.07, 6.45) is 0.492. The molecule has 11 heteroatoms. The maximum Gasteiger partial charge on any atom is 0.277 e. The van der Waals surface area contributed by atoms with Crippen LogP contribution in [0.1, 0.15) is 26.3 Å². The molecule has 0 saturated carbocycles. The van der Waals surface area contributed by atoms with Crippen LogP contribution in [0.4, 0.5) is 0 Å². The lowest BCUT2D eigenvalue weighted by Crippen LogP contribution is -2.51. The second-order valence-electron chi connectivity index (χ2n) is 6.44. The van der Waals surface area contributed by atoms with E-state index in [0.717, 1.165) is 15.6 Å². The number of amides is 2. The summed E-state index contributed by atoms with van der Waals surface area (Å²) in [5, 5.41) is 13.3. The van der Waals surface area contributed by atoms with E-state index in [-0.39, 0.29) is 17.6 Å². The summed E-state index contributed by atoms with van der Waals surface area (Å²) in [6.45, 7) is 4.12. The summed E-state index contributed by atoms with van der Waals surface area (Å²) in [5.74, 6) is 0.769. The molecule has 0 unspecified atom stereocenters. The van der Waals surface area contributed by atoms with Crippen molar-refractivity contribution in [1.29, 1.82) is 0 Å². The van der Waals surface area contributed by atoms with Crippen LogP contribution in [-0.2, 0) is 11.2 Å². The Labute approximate surface area is 179 Å². The highest BCUT2D eigenvalue weighted by molar-refractivity contribution is 7.99. The molecule has 1 aliphatic heterocycles. The van der Waals surface area contributed by atoms with Crippen molar-refractivity contribution in [3.8, 4) is 0 Å². The molecule has 0 spiro atoms. The Morgan fingerprint density at radius 1 is 1.17 bits per heavy atom. The lowest BCUT2D eigenvalue weighted by molar-refractivity contribution is -0.129. The molecule has 2 amide bonds. The molecule has 8 nitrogen and oxygen atoms in total. The van der Waals surface area contributed by atoms with Gasteiger partial charge in [0.15, 0.2) is 0 Å². The molecule has 1 fully saturated rings. The average Bonchev–Trinajstić information content (AvgIpc) is 3.49. The van der Waals surface area contributed by atoms with Gasteiger partial charge in [-0.15, -0.1) is 32.9 Å². The van der Waals surface area contributed by atoms with Gasteiger partial charge in [0, 0.05) is 31.6 Å². The molecule has 0 bridgehead atoms. The molecule has 3 aromatic heterocycles. The van der Waals surface area contributed by atoms with E-state index in [9.17, 15) is 9.59 Å². The predicted octanol–water partition coefficient (Wildman–Crippen LogP) is 2.56.